The number of fused-ring (bicyclic) bond motifs is 3. The fraction of sp³-hybridized carbons (Fsp3) is 0.344. The zero-order valence-electron chi connectivity index (χ0n) is 20.9. The number of nitrogens with one attached hydrogen (secondary N) is 3. The van der Waals surface area contributed by atoms with E-state index in [1.807, 2.05) is 36.4 Å². The number of carbonyl (C=O) groups is 1. The van der Waals surface area contributed by atoms with Crippen molar-refractivity contribution in [3.05, 3.63) is 89.6 Å². The van der Waals surface area contributed by atoms with E-state index in [1.54, 1.807) is 0 Å². The Bertz CT molecular complexity index is 1330. The van der Waals surface area contributed by atoms with Gasteiger partial charge in [0.05, 0.1) is 6.42 Å². The maximum absolute atomic E-state index is 12.8. The number of H-pyrrole nitrogens is 1. The molecule has 4 heteroatoms. The van der Waals surface area contributed by atoms with Gasteiger partial charge in [-0.25, -0.2) is 0 Å². The molecule has 184 valence electrons. The molecule has 0 radical (unpaired) electrons. The molecule has 1 heterocycles. The van der Waals surface area contributed by atoms with Crippen LogP contribution in [0.15, 0.2) is 72.8 Å². The molecule has 3 N–H and O–H groups in total. The summed E-state index contributed by atoms with van der Waals surface area (Å²) in [4.78, 5) is 16.6. The predicted octanol–water partition coefficient (Wildman–Crippen LogP) is 7.32. The van der Waals surface area contributed by atoms with Gasteiger partial charge in [-0.15, -0.1) is 0 Å². The Balaban J connectivity index is 1.14. The molecule has 2 aliphatic carbocycles. The van der Waals surface area contributed by atoms with Crippen LogP contribution in [0, 0.1) is 0 Å². The van der Waals surface area contributed by atoms with Gasteiger partial charge in [-0.05, 0) is 72.6 Å². The van der Waals surface area contributed by atoms with Gasteiger partial charge < -0.3 is 15.6 Å². The highest BCUT2D eigenvalue weighted by Crippen LogP contribution is 2.37. The lowest BCUT2D eigenvalue weighted by atomic mass is 9.89. The van der Waals surface area contributed by atoms with Crippen molar-refractivity contribution < 1.29 is 4.79 Å². The monoisotopic (exact) mass is 477 g/mol. The Labute approximate surface area is 213 Å². The van der Waals surface area contributed by atoms with Crippen molar-refractivity contribution in [3.63, 3.8) is 0 Å². The highest BCUT2D eigenvalue weighted by atomic mass is 16.1. The van der Waals surface area contributed by atoms with Crippen LogP contribution in [0.3, 0.4) is 0 Å². The third-order valence-electron chi connectivity index (χ3n) is 7.96. The van der Waals surface area contributed by atoms with Gasteiger partial charge in [0.25, 0.3) is 0 Å². The first-order valence-corrected chi connectivity index (χ1v) is 13.6. The molecule has 0 spiro atoms. The zero-order chi connectivity index (χ0) is 24.3. The summed E-state index contributed by atoms with van der Waals surface area (Å²) in [6.07, 6.45) is 10.6. The molecular formula is C32H35N3O. The standard InChI is InChI=1S/C32H35N3O/c36-31(20-22-14-16-24(17-15-22)23-8-3-1-4-9-23)34-26-18-19-29-28(21-26)27-12-7-13-30(32(27)35-29)33-25-10-5-2-6-11-25/h1,3-4,8-9,14-19,21,25,30,33,35H,2,5-7,10-13,20H2,(H,34,36). The lowest BCUT2D eigenvalue weighted by Gasteiger charge is -2.31. The van der Waals surface area contributed by atoms with Crippen LogP contribution in [-0.2, 0) is 17.6 Å². The van der Waals surface area contributed by atoms with Crippen LogP contribution in [0.5, 0.6) is 0 Å². The first-order chi connectivity index (χ1) is 17.7. The Morgan fingerprint density at radius 3 is 2.42 bits per heavy atom. The molecule has 1 aromatic heterocycles. The second-order valence-corrected chi connectivity index (χ2v) is 10.5. The lowest BCUT2D eigenvalue weighted by Crippen LogP contribution is -2.36. The van der Waals surface area contributed by atoms with E-state index in [2.05, 4.69) is 52.0 Å². The number of amides is 1. The predicted molar refractivity (Wildman–Crippen MR) is 148 cm³/mol. The number of benzene rings is 3. The van der Waals surface area contributed by atoms with Gasteiger partial charge in [0.15, 0.2) is 0 Å². The Morgan fingerprint density at radius 1 is 0.833 bits per heavy atom. The van der Waals surface area contributed by atoms with Crippen molar-refractivity contribution in [3.8, 4) is 11.1 Å². The molecule has 2 aliphatic rings. The summed E-state index contributed by atoms with van der Waals surface area (Å²) in [5.74, 6) is 0.0167. The van der Waals surface area contributed by atoms with Gasteiger partial charge in [-0.3, -0.25) is 4.79 Å². The van der Waals surface area contributed by atoms with E-state index >= 15 is 0 Å². The zero-order valence-corrected chi connectivity index (χ0v) is 20.9. The van der Waals surface area contributed by atoms with Crippen molar-refractivity contribution >= 4 is 22.5 Å². The van der Waals surface area contributed by atoms with Gasteiger partial charge in [-0.1, -0.05) is 73.9 Å². The number of rotatable bonds is 6. The second-order valence-electron chi connectivity index (χ2n) is 10.5. The number of aromatic nitrogens is 1. The van der Waals surface area contributed by atoms with Crippen LogP contribution in [0.2, 0.25) is 0 Å². The Kier molecular flexibility index (Phi) is 6.61. The summed E-state index contributed by atoms with van der Waals surface area (Å²) in [6.45, 7) is 0. The Morgan fingerprint density at radius 2 is 1.61 bits per heavy atom. The minimum absolute atomic E-state index is 0.0167. The van der Waals surface area contributed by atoms with E-state index in [4.69, 9.17) is 0 Å². The normalized spacial score (nSPS) is 18.2. The van der Waals surface area contributed by atoms with Gasteiger partial charge in [0.1, 0.15) is 0 Å². The number of hydrogen-bond donors (Lipinski definition) is 3. The summed E-state index contributed by atoms with van der Waals surface area (Å²) in [5.41, 5.74) is 8.21. The minimum atomic E-state index is 0.0167. The number of anilines is 1. The first kappa shape index (κ1) is 23.1. The van der Waals surface area contributed by atoms with E-state index in [0.29, 0.717) is 18.5 Å². The van der Waals surface area contributed by atoms with Crippen molar-refractivity contribution in [1.29, 1.82) is 0 Å². The van der Waals surface area contributed by atoms with Crippen LogP contribution in [0.1, 0.15) is 67.8 Å². The molecule has 0 saturated heterocycles. The van der Waals surface area contributed by atoms with Gasteiger partial charge in [-0.2, -0.15) is 0 Å². The molecule has 4 nitrogen and oxygen atoms in total. The summed E-state index contributed by atoms with van der Waals surface area (Å²) in [7, 11) is 0. The molecule has 1 saturated carbocycles. The maximum Gasteiger partial charge on any atom is 0.228 e. The molecule has 4 aromatic rings. The van der Waals surface area contributed by atoms with E-state index in [9.17, 15) is 4.79 Å². The Hall–Kier alpha value is -3.37. The summed E-state index contributed by atoms with van der Waals surface area (Å²) in [6, 6.07) is 26.0. The van der Waals surface area contributed by atoms with Crippen LogP contribution >= 0.6 is 0 Å². The molecule has 0 bridgehead atoms. The molecule has 6 rings (SSSR count). The van der Waals surface area contributed by atoms with Gasteiger partial charge >= 0.3 is 0 Å². The quantitative estimate of drug-likeness (QED) is 0.273. The molecule has 3 aromatic carbocycles. The first-order valence-electron chi connectivity index (χ1n) is 13.6. The second kappa shape index (κ2) is 10.3. The van der Waals surface area contributed by atoms with Gasteiger partial charge in [0.2, 0.25) is 5.91 Å². The number of aryl methyl sites for hydroxylation is 1. The van der Waals surface area contributed by atoms with E-state index in [1.165, 1.54) is 78.2 Å². The van der Waals surface area contributed by atoms with Crippen molar-refractivity contribution in [2.75, 3.05) is 5.32 Å². The number of aromatic amines is 1. The maximum atomic E-state index is 12.8. The average Bonchev–Trinajstić information content (AvgIpc) is 3.29. The SMILES string of the molecule is O=C(Cc1ccc(-c2ccccc2)cc1)Nc1ccc2[nH]c3c(c2c1)CCCC3NC1CCCCC1. The third kappa shape index (κ3) is 4.96. The van der Waals surface area contributed by atoms with Crippen LogP contribution < -0.4 is 10.6 Å². The minimum Gasteiger partial charge on any atom is -0.357 e. The molecule has 1 unspecified atom stereocenters. The smallest absolute Gasteiger partial charge is 0.228 e. The summed E-state index contributed by atoms with van der Waals surface area (Å²) >= 11 is 0. The fourth-order valence-corrected chi connectivity index (χ4v) is 6.10. The average molecular weight is 478 g/mol. The third-order valence-corrected chi connectivity index (χ3v) is 7.96. The van der Waals surface area contributed by atoms with Crippen LogP contribution in [0.4, 0.5) is 5.69 Å². The molecule has 1 atom stereocenters. The highest BCUT2D eigenvalue weighted by molar-refractivity contribution is 5.96. The highest BCUT2D eigenvalue weighted by Gasteiger charge is 2.27. The summed E-state index contributed by atoms with van der Waals surface area (Å²) < 4.78 is 0. The lowest BCUT2D eigenvalue weighted by molar-refractivity contribution is -0.115. The summed E-state index contributed by atoms with van der Waals surface area (Å²) in [5, 5.41) is 8.35. The molecule has 36 heavy (non-hydrogen) atoms. The molecular weight excluding hydrogens is 442 g/mol. The largest absolute Gasteiger partial charge is 0.357 e. The van der Waals surface area contributed by atoms with Crippen LogP contribution in [-0.4, -0.2) is 16.9 Å². The molecule has 1 amide bonds. The van der Waals surface area contributed by atoms with Crippen molar-refractivity contribution in [2.24, 2.45) is 0 Å². The van der Waals surface area contributed by atoms with E-state index in [0.717, 1.165) is 17.7 Å². The molecule has 0 aliphatic heterocycles. The number of hydrogen-bond acceptors (Lipinski definition) is 2. The van der Waals surface area contributed by atoms with Crippen molar-refractivity contribution in [2.45, 2.75) is 69.9 Å². The fourth-order valence-electron chi connectivity index (χ4n) is 6.10. The van der Waals surface area contributed by atoms with Crippen molar-refractivity contribution in [1.82, 2.24) is 10.3 Å². The topological polar surface area (TPSA) is 56.9 Å². The molecule has 1 fully saturated rings. The van der Waals surface area contributed by atoms with Gasteiger partial charge in [0, 0.05) is 34.4 Å². The number of carbonyl (C=O) groups excluding carboxylic acids is 1. The van der Waals surface area contributed by atoms with E-state index in [-0.39, 0.29) is 5.91 Å². The van der Waals surface area contributed by atoms with Crippen LogP contribution in [0.25, 0.3) is 22.0 Å². The van der Waals surface area contributed by atoms with E-state index < -0.39 is 0 Å².